The van der Waals surface area contributed by atoms with Gasteiger partial charge in [-0.25, -0.2) is 9.48 Å². The molecule has 1 unspecified atom stereocenters. The number of nitrogens with one attached hydrogen (secondary N) is 1. The molecule has 7 heteroatoms. The summed E-state index contributed by atoms with van der Waals surface area (Å²) in [6.07, 6.45) is 12.3. The normalized spacial score (nSPS) is 14.7. The molecular formula is C20H28Cl2N4O. The third-order valence-corrected chi connectivity index (χ3v) is 4.43. The summed E-state index contributed by atoms with van der Waals surface area (Å²) in [5.74, 6) is 0.524. The molecule has 1 aromatic heterocycles. The second-order valence-corrected chi connectivity index (χ2v) is 6.77. The number of allylic oxidation sites excluding steroid dienone is 8. The SMILES string of the molecule is C=C/C=C(Cl)\C=C/C(C)n1c(C(=C/C)/C(Cl)=C\NC)nn(CCCC)c1=O. The van der Waals surface area contributed by atoms with E-state index in [1.165, 1.54) is 4.68 Å². The molecule has 0 bridgehead atoms. The van der Waals surface area contributed by atoms with Crippen LogP contribution >= 0.6 is 23.2 Å². The summed E-state index contributed by atoms with van der Waals surface area (Å²) in [5.41, 5.74) is 0.513. The molecule has 0 saturated heterocycles. The molecular weight excluding hydrogens is 383 g/mol. The fourth-order valence-corrected chi connectivity index (χ4v) is 2.95. The van der Waals surface area contributed by atoms with Gasteiger partial charge in [-0.2, -0.15) is 0 Å². The van der Waals surface area contributed by atoms with E-state index >= 15 is 0 Å². The first-order chi connectivity index (χ1) is 12.9. The molecule has 0 saturated carbocycles. The molecule has 1 aromatic rings. The Morgan fingerprint density at radius 3 is 2.67 bits per heavy atom. The van der Waals surface area contributed by atoms with E-state index in [1.54, 1.807) is 36.0 Å². The highest BCUT2D eigenvalue weighted by molar-refractivity contribution is 6.36. The Balaban J connectivity index is 3.49. The van der Waals surface area contributed by atoms with Gasteiger partial charge in [0.2, 0.25) is 0 Å². The molecule has 1 rings (SSSR count). The monoisotopic (exact) mass is 410 g/mol. The van der Waals surface area contributed by atoms with Gasteiger partial charge in [-0.05, 0) is 32.4 Å². The summed E-state index contributed by atoms with van der Waals surface area (Å²) in [6, 6.07) is -0.260. The van der Waals surface area contributed by atoms with Crippen molar-refractivity contribution < 1.29 is 0 Å². The molecule has 0 aliphatic heterocycles. The molecule has 148 valence electrons. The lowest BCUT2D eigenvalue weighted by atomic mass is 10.2. The van der Waals surface area contributed by atoms with Gasteiger partial charge in [0, 0.05) is 30.4 Å². The fraction of sp³-hybridized carbons (Fsp3) is 0.400. The quantitative estimate of drug-likeness (QED) is 0.553. The largest absolute Gasteiger partial charge is 0.393 e. The zero-order valence-corrected chi connectivity index (χ0v) is 17.9. The molecule has 27 heavy (non-hydrogen) atoms. The topological polar surface area (TPSA) is 51.9 Å². The van der Waals surface area contributed by atoms with Crippen molar-refractivity contribution in [3.63, 3.8) is 0 Å². The van der Waals surface area contributed by atoms with Crippen LogP contribution in [0, 0.1) is 0 Å². The highest BCUT2D eigenvalue weighted by atomic mass is 35.5. The highest BCUT2D eigenvalue weighted by Crippen LogP contribution is 2.26. The lowest BCUT2D eigenvalue weighted by molar-refractivity contribution is 0.535. The molecule has 0 aromatic carbocycles. The molecule has 1 N–H and O–H groups in total. The standard InChI is InChI=1S/C20H28Cl2N4O/c1-6-9-13-25-20(27)26(15(4)11-12-16(21)10-7-2)19(24-25)17(8-3)18(22)14-23-5/h7-8,10-12,14-15,23H,2,6,9,13H2,1,3-5H3/b12-11-,16-10+,17-8+,18-14+. The van der Waals surface area contributed by atoms with Crippen LogP contribution in [-0.4, -0.2) is 21.4 Å². The Kier molecular flexibility index (Phi) is 9.97. The smallest absolute Gasteiger partial charge is 0.346 e. The summed E-state index contributed by atoms with van der Waals surface area (Å²) in [4.78, 5) is 13.0. The van der Waals surface area contributed by atoms with Gasteiger partial charge in [0.05, 0.1) is 11.1 Å². The number of unbranched alkanes of at least 4 members (excludes halogenated alkanes) is 1. The number of aromatic nitrogens is 3. The van der Waals surface area contributed by atoms with Crippen molar-refractivity contribution in [3.05, 3.63) is 69.5 Å². The maximum atomic E-state index is 13.0. The Bertz CT molecular complexity index is 812. The first-order valence-electron chi connectivity index (χ1n) is 8.96. The Hall–Kier alpha value is -1.98. The molecule has 1 atom stereocenters. The van der Waals surface area contributed by atoms with Gasteiger partial charge in [-0.15, -0.1) is 5.10 Å². The highest BCUT2D eigenvalue weighted by Gasteiger charge is 2.21. The molecule has 0 amide bonds. The van der Waals surface area contributed by atoms with E-state index in [9.17, 15) is 4.79 Å². The first kappa shape index (κ1) is 23.1. The molecule has 0 aliphatic rings. The number of nitrogens with zero attached hydrogens (tertiary/aromatic N) is 3. The summed E-state index contributed by atoms with van der Waals surface area (Å²) < 4.78 is 3.13. The second-order valence-electron chi connectivity index (χ2n) is 5.92. The number of rotatable bonds is 10. The molecule has 1 heterocycles. The van der Waals surface area contributed by atoms with E-state index in [2.05, 4.69) is 23.9 Å². The van der Waals surface area contributed by atoms with Crippen LogP contribution in [0.2, 0.25) is 0 Å². The lowest BCUT2D eigenvalue weighted by Crippen LogP contribution is -2.27. The van der Waals surface area contributed by atoms with Crippen LogP contribution in [0.25, 0.3) is 5.57 Å². The van der Waals surface area contributed by atoms with Gasteiger partial charge in [0.15, 0.2) is 5.82 Å². The fourth-order valence-electron chi connectivity index (χ4n) is 2.49. The molecule has 0 fully saturated rings. The summed E-state index contributed by atoms with van der Waals surface area (Å²) in [5, 5.41) is 8.47. The molecule has 5 nitrogen and oxygen atoms in total. The van der Waals surface area contributed by atoms with Crippen LogP contribution < -0.4 is 11.0 Å². The van der Waals surface area contributed by atoms with Gasteiger partial charge in [0.1, 0.15) is 0 Å². The molecule has 0 spiro atoms. The predicted molar refractivity (Wildman–Crippen MR) is 116 cm³/mol. The predicted octanol–water partition coefficient (Wildman–Crippen LogP) is 4.97. The minimum absolute atomic E-state index is 0.173. The Labute approximate surface area is 171 Å². The van der Waals surface area contributed by atoms with Crippen LogP contribution in [0.4, 0.5) is 0 Å². The third kappa shape index (κ3) is 6.29. The van der Waals surface area contributed by atoms with E-state index in [1.807, 2.05) is 26.0 Å². The van der Waals surface area contributed by atoms with Crippen LogP contribution in [0.3, 0.4) is 0 Å². The number of hydrogen-bond acceptors (Lipinski definition) is 3. The van der Waals surface area contributed by atoms with E-state index in [0.29, 0.717) is 28.0 Å². The van der Waals surface area contributed by atoms with Crippen molar-refractivity contribution in [1.29, 1.82) is 0 Å². The Morgan fingerprint density at radius 2 is 2.11 bits per heavy atom. The van der Waals surface area contributed by atoms with Crippen LogP contribution in [0.1, 0.15) is 45.5 Å². The number of hydrogen-bond donors (Lipinski definition) is 1. The minimum atomic E-state index is -0.260. The minimum Gasteiger partial charge on any atom is -0.393 e. The van der Waals surface area contributed by atoms with Crippen molar-refractivity contribution in [1.82, 2.24) is 19.7 Å². The maximum absolute atomic E-state index is 13.0. The second kappa shape index (κ2) is 11.7. The maximum Gasteiger partial charge on any atom is 0.346 e. The zero-order valence-electron chi connectivity index (χ0n) is 16.4. The summed E-state index contributed by atoms with van der Waals surface area (Å²) >= 11 is 12.5. The van der Waals surface area contributed by atoms with Gasteiger partial charge in [0.25, 0.3) is 0 Å². The van der Waals surface area contributed by atoms with Gasteiger partial charge in [-0.1, -0.05) is 61.4 Å². The van der Waals surface area contributed by atoms with Crippen LogP contribution in [-0.2, 0) is 6.54 Å². The zero-order chi connectivity index (χ0) is 20.4. The van der Waals surface area contributed by atoms with Gasteiger partial charge >= 0.3 is 5.69 Å². The van der Waals surface area contributed by atoms with E-state index < -0.39 is 0 Å². The van der Waals surface area contributed by atoms with Gasteiger partial charge < -0.3 is 5.32 Å². The average Bonchev–Trinajstić information content (AvgIpc) is 2.95. The first-order valence-corrected chi connectivity index (χ1v) is 9.72. The van der Waals surface area contributed by atoms with E-state index in [0.717, 1.165) is 12.8 Å². The Morgan fingerprint density at radius 1 is 1.41 bits per heavy atom. The lowest BCUT2D eigenvalue weighted by Gasteiger charge is -2.12. The van der Waals surface area contributed by atoms with Crippen molar-refractivity contribution >= 4 is 28.8 Å². The van der Waals surface area contributed by atoms with Crippen molar-refractivity contribution in [2.75, 3.05) is 7.05 Å². The van der Waals surface area contributed by atoms with Crippen LogP contribution in [0.15, 0.2) is 58.0 Å². The molecule has 0 aliphatic carbocycles. The number of aryl methyl sites for hydroxylation is 1. The average molecular weight is 411 g/mol. The molecule has 0 radical (unpaired) electrons. The van der Waals surface area contributed by atoms with Gasteiger partial charge in [-0.3, -0.25) is 4.57 Å². The van der Waals surface area contributed by atoms with Crippen LogP contribution in [0.5, 0.6) is 0 Å². The summed E-state index contributed by atoms with van der Waals surface area (Å²) in [7, 11) is 1.77. The third-order valence-electron chi connectivity index (χ3n) is 3.87. The van der Waals surface area contributed by atoms with Crippen molar-refractivity contribution in [3.8, 4) is 0 Å². The summed E-state index contributed by atoms with van der Waals surface area (Å²) in [6.45, 7) is 10.0. The number of halogens is 2. The van der Waals surface area contributed by atoms with E-state index in [4.69, 9.17) is 23.2 Å². The van der Waals surface area contributed by atoms with Crippen molar-refractivity contribution in [2.45, 2.75) is 46.2 Å². The van der Waals surface area contributed by atoms with E-state index in [-0.39, 0.29) is 11.7 Å². The van der Waals surface area contributed by atoms with Crippen molar-refractivity contribution in [2.24, 2.45) is 0 Å².